The molecule has 2 N–H and O–H groups in total. The van der Waals surface area contributed by atoms with E-state index in [-0.39, 0.29) is 5.70 Å². The zero-order valence-electron chi connectivity index (χ0n) is 17.9. The summed E-state index contributed by atoms with van der Waals surface area (Å²) < 4.78 is 0.640. The van der Waals surface area contributed by atoms with Crippen molar-refractivity contribution in [2.24, 2.45) is 0 Å². The molecule has 7 heteroatoms. The van der Waals surface area contributed by atoms with Crippen molar-refractivity contribution >= 4 is 56.8 Å². The lowest BCUT2D eigenvalue weighted by atomic mass is 10.1. The Kier molecular flexibility index (Phi) is 7.72. The van der Waals surface area contributed by atoms with Crippen LogP contribution in [0, 0.1) is 6.92 Å². The Bertz CT molecular complexity index is 1170. The van der Waals surface area contributed by atoms with Crippen LogP contribution >= 0.6 is 27.5 Å². The number of hydrogen-bond donors (Lipinski definition) is 2. The van der Waals surface area contributed by atoms with E-state index in [1.807, 2.05) is 56.3 Å². The maximum absolute atomic E-state index is 13.1. The van der Waals surface area contributed by atoms with Gasteiger partial charge in [0.25, 0.3) is 11.8 Å². The van der Waals surface area contributed by atoms with Crippen molar-refractivity contribution in [2.75, 3.05) is 24.3 Å². The molecular formula is C25H23BrClN3O2. The largest absolute Gasteiger partial charge is 0.378 e. The van der Waals surface area contributed by atoms with E-state index in [1.54, 1.807) is 42.5 Å². The van der Waals surface area contributed by atoms with Crippen LogP contribution in [0.25, 0.3) is 6.08 Å². The molecule has 2 amide bonds. The highest BCUT2D eigenvalue weighted by Gasteiger charge is 2.17. The van der Waals surface area contributed by atoms with Crippen molar-refractivity contribution in [2.45, 2.75) is 6.92 Å². The van der Waals surface area contributed by atoms with Gasteiger partial charge in [0.05, 0.1) is 5.56 Å². The topological polar surface area (TPSA) is 61.4 Å². The van der Waals surface area contributed by atoms with Crippen LogP contribution in [0.2, 0.25) is 5.02 Å². The number of rotatable bonds is 6. The van der Waals surface area contributed by atoms with Gasteiger partial charge in [-0.05, 0) is 82.5 Å². The van der Waals surface area contributed by atoms with Gasteiger partial charge in [-0.2, -0.15) is 0 Å². The molecule has 164 valence electrons. The second-order valence-corrected chi connectivity index (χ2v) is 8.68. The normalized spacial score (nSPS) is 11.1. The summed E-state index contributed by atoms with van der Waals surface area (Å²) >= 11 is 9.41. The van der Waals surface area contributed by atoms with E-state index < -0.39 is 11.8 Å². The van der Waals surface area contributed by atoms with Crippen LogP contribution in [0.5, 0.6) is 0 Å². The zero-order valence-corrected chi connectivity index (χ0v) is 20.3. The molecule has 0 fully saturated rings. The maximum Gasteiger partial charge on any atom is 0.272 e. The van der Waals surface area contributed by atoms with Crippen LogP contribution in [-0.2, 0) is 4.79 Å². The minimum atomic E-state index is -0.437. The Morgan fingerprint density at radius 3 is 2.31 bits per heavy atom. The summed E-state index contributed by atoms with van der Waals surface area (Å²) in [6.45, 7) is 1.85. The van der Waals surface area contributed by atoms with Gasteiger partial charge in [-0.25, -0.2) is 0 Å². The molecule has 0 aromatic heterocycles. The molecule has 5 nitrogen and oxygen atoms in total. The van der Waals surface area contributed by atoms with E-state index in [1.165, 1.54) is 0 Å². The van der Waals surface area contributed by atoms with E-state index in [2.05, 4.69) is 26.6 Å². The first-order valence-electron chi connectivity index (χ1n) is 9.87. The van der Waals surface area contributed by atoms with Crippen molar-refractivity contribution in [3.05, 3.63) is 98.6 Å². The van der Waals surface area contributed by atoms with Crippen LogP contribution in [0.4, 0.5) is 11.4 Å². The fourth-order valence-corrected chi connectivity index (χ4v) is 3.68. The lowest BCUT2D eigenvalue weighted by Gasteiger charge is -2.14. The maximum atomic E-state index is 13.1. The number of benzene rings is 3. The Morgan fingerprint density at radius 2 is 1.69 bits per heavy atom. The first-order chi connectivity index (χ1) is 15.2. The summed E-state index contributed by atoms with van der Waals surface area (Å²) in [6, 6.07) is 19.9. The third kappa shape index (κ3) is 5.99. The number of carbonyl (C=O) groups is 2. The lowest BCUT2D eigenvalue weighted by Crippen LogP contribution is -2.31. The summed E-state index contributed by atoms with van der Waals surface area (Å²) in [6.07, 6.45) is 1.65. The summed E-state index contributed by atoms with van der Waals surface area (Å²) in [5.74, 6) is -0.830. The number of nitrogens with zero attached hydrogens (tertiary/aromatic N) is 1. The van der Waals surface area contributed by atoms with Gasteiger partial charge >= 0.3 is 0 Å². The van der Waals surface area contributed by atoms with Crippen molar-refractivity contribution in [1.82, 2.24) is 5.32 Å². The minimum Gasteiger partial charge on any atom is -0.378 e. The SMILES string of the molecule is Cc1cc(Cl)ccc1NC(=O)/C(=C\c1ccc(N(C)C)cc1)NC(=O)c1ccccc1Br. The molecular weight excluding hydrogens is 490 g/mol. The Labute approximate surface area is 201 Å². The molecule has 0 heterocycles. The van der Waals surface area contributed by atoms with Gasteiger partial charge in [-0.3, -0.25) is 9.59 Å². The van der Waals surface area contributed by atoms with E-state index in [4.69, 9.17) is 11.6 Å². The molecule has 3 aromatic carbocycles. The Morgan fingerprint density at radius 1 is 1.00 bits per heavy atom. The highest BCUT2D eigenvalue weighted by Crippen LogP contribution is 2.21. The smallest absolute Gasteiger partial charge is 0.272 e. The van der Waals surface area contributed by atoms with Crippen molar-refractivity contribution < 1.29 is 9.59 Å². The van der Waals surface area contributed by atoms with Gasteiger partial charge in [-0.15, -0.1) is 0 Å². The molecule has 0 atom stereocenters. The minimum absolute atomic E-state index is 0.123. The van der Waals surface area contributed by atoms with E-state index >= 15 is 0 Å². The van der Waals surface area contributed by atoms with Crippen LogP contribution in [0.1, 0.15) is 21.5 Å². The molecule has 0 bridgehead atoms. The fourth-order valence-electron chi connectivity index (χ4n) is 2.99. The first-order valence-corrected chi connectivity index (χ1v) is 11.0. The molecule has 0 saturated carbocycles. The number of aryl methyl sites for hydroxylation is 1. The van der Waals surface area contributed by atoms with Crippen LogP contribution in [-0.4, -0.2) is 25.9 Å². The summed E-state index contributed by atoms with van der Waals surface area (Å²) in [5, 5.41) is 6.20. The fraction of sp³-hybridized carbons (Fsp3) is 0.120. The van der Waals surface area contributed by atoms with Crippen LogP contribution in [0.3, 0.4) is 0 Å². The molecule has 0 saturated heterocycles. The molecule has 0 radical (unpaired) electrons. The number of nitrogens with one attached hydrogen (secondary N) is 2. The average molecular weight is 513 g/mol. The molecule has 3 aromatic rings. The average Bonchev–Trinajstić information content (AvgIpc) is 2.75. The van der Waals surface area contributed by atoms with E-state index in [9.17, 15) is 9.59 Å². The standard InChI is InChI=1S/C25H23BrClN3O2/c1-16-14-18(27)10-13-22(16)28-25(32)23(15-17-8-11-19(12-9-17)30(2)3)29-24(31)20-6-4-5-7-21(20)26/h4-15H,1-3H3,(H,28,32)(H,29,31)/b23-15+. The second-order valence-electron chi connectivity index (χ2n) is 7.39. The molecule has 0 aliphatic heterocycles. The van der Waals surface area contributed by atoms with Gasteiger partial charge in [0.2, 0.25) is 0 Å². The van der Waals surface area contributed by atoms with Gasteiger partial charge < -0.3 is 15.5 Å². The van der Waals surface area contributed by atoms with Gasteiger partial charge in [0.1, 0.15) is 5.70 Å². The number of halogens is 2. The molecule has 0 aliphatic rings. The number of anilines is 2. The molecule has 0 unspecified atom stereocenters. The van der Waals surface area contributed by atoms with Crippen LogP contribution in [0.15, 0.2) is 76.9 Å². The van der Waals surface area contributed by atoms with Crippen molar-refractivity contribution in [1.29, 1.82) is 0 Å². The third-order valence-corrected chi connectivity index (χ3v) is 5.70. The lowest BCUT2D eigenvalue weighted by molar-refractivity contribution is -0.113. The highest BCUT2D eigenvalue weighted by atomic mass is 79.9. The Hall–Kier alpha value is -3.09. The van der Waals surface area contributed by atoms with Crippen molar-refractivity contribution in [3.63, 3.8) is 0 Å². The zero-order chi connectivity index (χ0) is 23.3. The molecule has 32 heavy (non-hydrogen) atoms. The van der Waals surface area contributed by atoms with Crippen LogP contribution < -0.4 is 15.5 Å². The van der Waals surface area contributed by atoms with Gasteiger partial charge in [-0.1, -0.05) is 35.9 Å². The first kappa shape index (κ1) is 23.6. The van der Waals surface area contributed by atoms with Crippen molar-refractivity contribution in [3.8, 4) is 0 Å². The molecule has 0 spiro atoms. The monoisotopic (exact) mass is 511 g/mol. The quantitative estimate of drug-likeness (QED) is 0.405. The number of amides is 2. The predicted octanol–water partition coefficient (Wildman–Crippen LogP) is 5.89. The Balaban J connectivity index is 1.93. The number of carbonyl (C=O) groups excluding carboxylic acids is 2. The number of hydrogen-bond acceptors (Lipinski definition) is 3. The highest BCUT2D eigenvalue weighted by molar-refractivity contribution is 9.10. The summed E-state index contributed by atoms with van der Waals surface area (Å²) in [4.78, 5) is 28.0. The third-order valence-electron chi connectivity index (χ3n) is 4.77. The second kappa shape index (κ2) is 10.5. The predicted molar refractivity (Wildman–Crippen MR) is 135 cm³/mol. The summed E-state index contributed by atoms with van der Waals surface area (Å²) in [7, 11) is 3.91. The van der Waals surface area contributed by atoms with Gasteiger partial charge in [0, 0.05) is 35.0 Å². The van der Waals surface area contributed by atoms with Gasteiger partial charge in [0.15, 0.2) is 0 Å². The van der Waals surface area contributed by atoms with E-state index in [0.717, 1.165) is 16.8 Å². The molecule has 0 aliphatic carbocycles. The molecule has 3 rings (SSSR count). The van der Waals surface area contributed by atoms with E-state index in [0.29, 0.717) is 20.7 Å². The summed E-state index contributed by atoms with van der Waals surface area (Å²) in [5.41, 5.74) is 3.79.